The van der Waals surface area contributed by atoms with E-state index in [1.54, 1.807) is 14.0 Å². The van der Waals surface area contributed by atoms with E-state index in [9.17, 15) is 9.18 Å². The molecule has 0 saturated carbocycles. The zero-order valence-electron chi connectivity index (χ0n) is 10.2. The van der Waals surface area contributed by atoms with Crippen LogP contribution in [0.5, 0.6) is 5.75 Å². The van der Waals surface area contributed by atoms with E-state index in [4.69, 9.17) is 9.84 Å². The lowest BCUT2D eigenvalue weighted by Crippen LogP contribution is -2.36. The third-order valence-electron chi connectivity index (χ3n) is 2.21. The van der Waals surface area contributed by atoms with Crippen LogP contribution in [0.25, 0.3) is 0 Å². The number of benzene rings is 1. The number of ether oxygens (including phenoxy) is 1. The van der Waals surface area contributed by atoms with Crippen molar-refractivity contribution in [3.8, 4) is 5.75 Å². The fraction of sp³-hybridized carbons (Fsp3) is 0.417. The van der Waals surface area contributed by atoms with Gasteiger partial charge in [0.05, 0.1) is 10.6 Å². The summed E-state index contributed by atoms with van der Waals surface area (Å²) in [7, 11) is 1.58. The van der Waals surface area contributed by atoms with Crippen molar-refractivity contribution in [1.82, 2.24) is 4.90 Å². The van der Waals surface area contributed by atoms with Gasteiger partial charge in [-0.15, -0.1) is 0 Å². The van der Waals surface area contributed by atoms with Crippen molar-refractivity contribution >= 4 is 21.8 Å². The summed E-state index contributed by atoms with van der Waals surface area (Å²) in [6.07, 6.45) is -0.587. The Morgan fingerprint density at radius 3 is 2.83 bits per heavy atom. The first-order valence-corrected chi connectivity index (χ1v) is 6.19. The van der Waals surface area contributed by atoms with E-state index in [1.165, 1.54) is 23.1 Å². The molecular formula is C12H15BrFNO3. The van der Waals surface area contributed by atoms with Crippen molar-refractivity contribution in [2.24, 2.45) is 0 Å². The quantitative estimate of drug-likeness (QED) is 0.900. The van der Waals surface area contributed by atoms with Gasteiger partial charge < -0.3 is 14.7 Å². The molecule has 0 spiro atoms. The summed E-state index contributed by atoms with van der Waals surface area (Å²) >= 11 is 3.14. The summed E-state index contributed by atoms with van der Waals surface area (Å²) in [5, 5.41) is 9.15. The van der Waals surface area contributed by atoms with Crippen LogP contribution in [0.1, 0.15) is 6.92 Å². The van der Waals surface area contributed by atoms with Gasteiger partial charge in [-0.05, 0) is 41.1 Å². The lowest BCUT2D eigenvalue weighted by molar-refractivity contribution is -0.133. The number of rotatable bonds is 5. The zero-order valence-corrected chi connectivity index (χ0v) is 11.8. The van der Waals surface area contributed by atoms with Crippen LogP contribution < -0.4 is 4.74 Å². The molecule has 1 amide bonds. The van der Waals surface area contributed by atoms with Crippen molar-refractivity contribution in [3.63, 3.8) is 0 Å². The molecule has 1 aromatic rings. The Morgan fingerprint density at radius 1 is 1.61 bits per heavy atom. The topological polar surface area (TPSA) is 49.8 Å². The number of halogens is 2. The van der Waals surface area contributed by atoms with Gasteiger partial charge in [-0.1, -0.05) is 0 Å². The molecule has 0 radical (unpaired) electrons. The van der Waals surface area contributed by atoms with E-state index < -0.39 is 6.10 Å². The first kappa shape index (κ1) is 14.9. The van der Waals surface area contributed by atoms with E-state index >= 15 is 0 Å². The van der Waals surface area contributed by atoms with Crippen LogP contribution in [-0.2, 0) is 4.79 Å². The predicted molar refractivity (Wildman–Crippen MR) is 68.9 cm³/mol. The molecule has 6 heteroatoms. The van der Waals surface area contributed by atoms with Gasteiger partial charge in [0.15, 0.2) is 6.61 Å². The molecule has 0 bridgehead atoms. The standard InChI is InChI=1S/C12H15BrFNO3/c1-8(16)6-15(2)12(17)7-18-11-4-3-9(14)5-10(11)13/h3-5,8,16H,6-7H2,1-2H3. The SMILES string of the molecule is CC(O)CN(C)C(=O)COc1ccc(F)cc1Br. The fourth-order valence-electron chi connectivity index (χ4n) is 1.34. The third kappa shape index (κ3) is 4.62. The second-order valence-electron chi connectivity index (χ2n) is 3.99. The van der Waals surface area contributed by atoms with E-state index in [-0.39, 0.29) is 24.9 Å². The Labute approximate surface area is 113 Å². The van der Waals surface area contributed by atoms with Crippen LogP contribution >= 0.6 is 15.9 Å². The highest BCUT2D eigenvalue weighted by Crippen LogP contribution is 2.25. The summed E-state index contributed by atoms with van der Waals surface area (Å²) in [6, 6.07) is 3.96. The second kappa shape index (κ2) is 6.70. The molecule has 0 fully saturated rings. The summed E-state index contributed by atoms with van der Waals surface area (Å²) in [6.45, 7) is 1.68. The Morgan fingerprint density at radius 2 is 2.28 bits per heavy atom. The van der Waals surface area contributed by atoms with Crippen LogP contribution in [0.3, 0.4) is 0 Å². The van der Waals surface area contributed by atoms with Gasteiger partial charge in [0.25, 0.3) is 5.91 Å². The van der Waals surface area contributed by atoms with Crippen LogP contribution in [0.2, 0.25) is 0 Å². The predicted octanol–water partition coefficient (Wildman–Crippen LogP) is 1.81. The molecule has 0 aromatic heterocycles. The minimum Gasteiger partial charge on any atom is -0.483 e. The lowest BCUT2D eigenvalue weighted by Gasteiger charge is -2.19. The van der Waals surface area contributed by atoms with Crippen molar-refractivity contribution in [3.05, 3.63) is 28.5 Å². The highest BCUT2D eigenvalue weighted by atomic mass is 79.9. The average molecular weight is 320 g/mol. The number of hydrogen-bond donors (Lipinski definition) is 1. The normalized spacial score (nSPS) is 12.1. The number of likely N-dealkylation sites (N-methyl/N-ethyl adjacent to an activating group) is 1. The minimum absolute atomic E-state index is 0.159. The number of nitrogens with zero attached hydrogens (tertiary/aromatic N) is 1. The molecular weight excluding hydrogens is 305 g/mol. The number of hydrogen-bond acceptors (Lipinski definition) is 3. The maximum atomic E-state index is 12.8. The van der Waals surface area contributed by atoms with E-state index in [1.807, 2.05) is 0 Å². The molecule has 18 heavy (non-hydrogen) atoms. The van der Waals surface area contributed by atoms with E-state index in [0.717, 1.165) is 0 Å². The third-order valence-corrected chi connectivity index (χ3v) is 2.83. The summed E-state index contributed by atoms with van der Waals surface area (Å²) in [4.78, 5) is 13.0. The van der Waals surface area contributed by atoms with Crippen LogP contribution in [0.15, 0.2) is 22.7 Å². The summed E-state index contributed by atoms with van der Waals surface area (Å²) in [5.41, 5.74) is 0. The summed E-state index contributed by atoms with van der Waals surface area (Å²) in [5.74, 6) is -0.242. The van der Waals surface area contributed by atoms with Gasteiger partial charge in [0.1, 0.15) is 11.6 Å². The molecule has 0 aliphatic rings. The van der Waals surface area contributed by atoms with Gasteiger partial charge >= 0.3 is 0 Å². The van der Waals surface area contributed by atoms with Gasteiger partial charge in [0.2, 0.25) is 0 Å². The smallest absolute Gasteiger partial charge is 0.260 e. The molecule has 0 aliphatic heterocycles. The highest BCUT2D eigenvalue weighted by molar-refractivity contribution is 9.10. The summed E-state index contributed by atoms with van der Waals surface area (Å²) < 4.78 is 18.6. The lowest BCUT2D eigenvalue weighted by atomic mass is 10.3. The monoisotopic (exact) mass is 319 g/mol. The van der Waals surface area contributed by atoms with Crippen molar-refractivity contribution in [1.29, 1.82) is 0 Å². The number of carbonyl (C=O) groups excluding carboxylic acids is 1. The van der Waals surface area contributed by atoms with E-state index in [2.05, 4.69) is 15.9 Å². The van der Waals surface area contributed by atoms with Crippen LogP contribution in [0, 0.1) is 5.82 Å². The zero-order chi connectivity index (χ0) is 13.7. The van der Waals surface area contributed by atoms with Gasteiger partial charge in [0, 0.05) is 13.6 Å². The Hall–Kier alpha value is -1.14. The Balaban J connectivity index is 2.52. The molecule has 100 valence electrons. The van der Waals surface area contributed by atoms with Gasteiger partial charge in [-0.2, -0.15) is 0 Å². The molecule has 1 rings (SSSR count). The van der Waals surface area contributed by atoms with Gasteiger partial charge in [-0.25, -0.2) is 4.39 Å². The fourth-order valence-corrected chi connectivity index (χ4v) is 1.81. The first-order valence-electron chi connectivity index (χ1n) is 5.40. The molecule has 4 nitrogen and oxygen atoms in total. The number of aliphatic hydroxyl groups is 1. The van der Waals surface area contributed by atoms with E-state index in [0.29, 0.717) is 10.2 Å². The number of carbonyl (C=O) groups is 1. The maximum absolute atomic E-state index is 12.8. The maximum Gasteiger partial charge on any atom is 0.260 e. The number of aliphatic hydroxyl groups excluding tert-OH is 1. The molecule has 0 aliphatic carbocycles. The average Bonchev–Trinajstić information content (AvgIpc) is 2.26. The van der Waals surface area contributed by atoms with Crippen molar-refractivity contribution in [2.45, 2.75) is 13.0 Å². The molecule has 1 atom stereocenters. The first-order chi connectivity index (χ1) is 8.40. The number of amides is 1. The molecule has 0 heterocycles. The molecule has 1 aromatic carbocycles. The highest BCUT2D eigenvalue weighted by Gasteiger charge is 2.12. The second-order valence-corrected chi connectivity index (χ2v) is 4.84. The Bertz CT molecular complexity index is 426. The van der Waals surface area contributed by atoms with Crippen molar-refractivity contribution in [2.75, 3.05) is 20.2 Å². The Kier molecular flexibility index (Phi) is 5.55. The molecule has 0 saturated heterocycles. The van der Waals surface area contributed by atoms with Crippen LogP contribution in [-0.4, -0.2) is 42.2 Å². The largest absolute Gasteiger partial charge is 0.483 e. The minimum atomic E-state index is -0.587. The van der Waals surface area contributed by atoms with Crippen LogP contribution in [0.4, 0.5) is 4.39 Å². The molecule has 1 unspecified atom stereocenters. The molecule has 1 N–H and O–H groups in total. The van der Waals surface area contributed by atoms with Crippen molar-refractivity contribution < 1.29 is 19.0 Å². The van der Waals surface area contributed by atoms with Gasteiger partial charge in [-0.3, -0.25) is 4.79 Å².